The summed E-state index contributed by atoms with van der Waals surface area (Å²) < 4.78 is 31.0. The third-order valence-electron chi connectivity index (χ3n) is 3.32. The molecule has 0 saturated carbocycles. The Bertz CT molecular complexity index is 933. The Kier molecular flexibility index (Phi) is 3.97. The van der Waals surface area contributed by atoms with Gasteiger partial charge in [0.2, 0.25) is 15.9 Å². The van der Waals surface area contributed by atoms with Gasteiger partial charge in [0.25, 0.3) is 0 Å². The molecule has 0 amide bonds. The molecular formula is C16H15N3O3S. The van der Waals surface area contributed by atoms with Gasteiger partial charge in [0.05, 0.1) is 15.8 Å². The number of para-hydroxylation sites is 1. The minimum absolute atomic E-state index is 0.211. The van der Waals surface area contributed by atoms with Crippen LogP contribution in [0.4, 0.5) is 0 Å². The van der Waals surface area contributed by atoms with Crippen molar-refractivity contribution in [3.63, 3.8) is 0 Å². The molecule has 1 heterocycles. The topological polar surface area (TPSA) is 72.4 Å². The molecule has 0 N–H and O–H groups in total. The normalized spacial score (nSPS) is 11.8. The summed E-state index contributed by atoms with van der Waals surface area (Å²) in [5.41, 5.74) is 0.782. The van der Waals surface area contributed by atoms with Crippen LogP contribution in [0.3, 0.4) is 0 Å². The van der Waals surface area contributed by atoms with Gasteiger partial charge in [-0.05, 0) is 36.4 Å². The molecule has 6 nitrogen and oxygen atoms in total. The number of aromatic nitrogens is 2. The van der Waals surface area contributed by atoms with Crippen molar-refractivity contribution in [2.24, 2.45) is 0 Å². The van der Waals surface area contributed by atoms with Crippen LogP contribution < -0.4 is 4.74 Å². The molecule has 23 heavy (non-hydrogen) atoms. The second-order valence-corrected chi connectivity index (χ2v) is 7.21. The zero-order chi connectivity index (χ0) is 16.4. The van der Waals surface area contributed by atoms with Gasteiger partial charge < -0.3 is 4.74 Å². The quantitative estimate of drug-likeness (QED) is 0.736. The van der Waals surface area contributed by atoms with E-state index < -0.39 is 10.0 Å². The van der Waals surface area contributed by atoms with E-state index in [-0.39, 0.29) is 4.90 Å². The highest BCUT2D eigenvalue weighted by Crippen LogP contribution is 2.27. The van der Waals surface area contributed by atoms with Crippen LogP contribution in [-0.4, -0.2) is 36.8 Å². The largest absolute Gasteiger partial charge is 0.438 e. The van der Waals surface area contributed by atoms with E-state index in [1.54, 1.807) is 12.1 Å². The number of hydrogen-bond donors (Lipinski definition) is 0. The Labute approximate surface area is 134 Å². The summed E-state index contributed by atoms with van der Waals surface area (Å²) in [6.45, 7) is 0. The van der Waals surface area contributed by atoms with E-state index in [0.717, 1.165) is 10.9 Å². The van der Waals surface area contributed by atoms with Crippen molar-refractivity contribution in [3.8, 4) is 11.6 Å². The molecule has 2 aromatic carbocycles. The van der Waals surface area contributed by atoms with E-state index in [0.29, 0.717) is 11.6 Å². The van der Waals surface area contributed by atoms with Crippen LogP contribution in [0.15, 0.2) is 59.8 Å². The Hall–Kier alpha value is -2.51. The standard InChI is InChI=1S/C16H15N3O3S/c1-19(2)23(20,21)13-9-7-12(8-10-13)22-16-14-5-3-4-6-15(14)17-11-18-16/h3-11H,1-2H3. The molecule has 0 aliphatic heterocycles. The maximum absolute atomic E-state index is 12.0. The third kappa shape index (κ3) is 3.01. The van der Waals surface area contributed by atoms with Gasteiger partial charge in [-0.25, -0.2) is 22.7 Å². The summed E-state index contributed by atoms with van der Waals surface area (Å²) in [4.78, 5) is 8.53. The van der Waals surface area contributed by atoms with E-state index in [2.05, 4.69) is 9.97 Å². The summed E-state index contributed by atoms with van der Waals surface area (Å²) in [5, 5.41) is 0.792. The molecule has 0 saturated heterocycles. The van der Waals surface area contributed by atoms with Crippen molar-refractivity contribution < 1.29 is 13.2 Å². The molecule has 0 radical (unpaired) electrons. The number of fused-ring (bicyclic) bond motifs is 1. The van der Waals surface area contributed by atoms with Crippen molar-refractivity contribution in [1.82, 2.24) is 14.3 Å². The molecule has 7 heteroatoms. The first-order valence-corrected chi connectivity index (χ1v) is 8.33. The van der Waals surface area contributed by atoms with Crippen LogP contribution in [0.25, 0.3) is 10.9 Å². The van der Waals surface area contributed by atoms with Gasteiger partial charge in [0, 0.05) is 14.1 Å². The summed E-state index contributed by atoms with van der Waals surface area (Å²) >= 11 is 0. The maximum atomic E-state index is 12.0. The van der Waals surface area contributed by atoms with Crippen molar-refractivity contribution in [1.29, 1.82) is 0 Å². The molecule has 118 valence electrons. The molecular weight excluding hydrogens is 314 g/mol. The lowest BCUT2D eigenvalue weighted by Gasteiger charge is -2.12. The highest BCUT2D eigenvalue weighted by atomic mass is 32.2. The molecule has 1 aromatic heterocycles. The summed E-state index contributed by atoms with van der Waals surface area (Å²) in [6, 6.07) is 13.7. The number of sulfonamides is 1. The van der Waals surface area contributed by atoms with Gasteiger partial charge >= 0.3 is 0 Å². The number of nitrogens with zero attached hydrogens (tertiary/aromatic N) is 3. The summed E-state index contributed by atoms with van der Waals surface area (Å²) in [5.74, 6) is 0.936. The van der Waals surface area contributed by atoms with Crippen molar-refractivity contribution in [3.05, 3.63) is 54.9 Å². The average Bonchev–Trinajstić information content (AvgIpc) is 2.55. The minimum atomic E-state index is -3.45. The van der Waals surface area contributed by atoms with E-state index in [9.17, 15) is 8.42 Å². The van der Waals surface area contributed by atoms with E-state index in [4.69, 9.17) is 4.74 Å². The summed E-state index contributed by atoms with van der Waals surface area (Å²) in [7, 11) is -0.463. The van der Waals surface area contributed by atoms with Gasteiger partial charge in [0.15, 0.2) is 0 Å². The van der Waals surface area contributed by atoms with Crippen molar-refractivity contribution in [2.45, 2.75) is 4.90 Å². The van der Waals surface area contributed by atoms with Gasteiger partial charge in [-0.2, -0.15) is 0 Å². The lowest BCUT2D eigenvalue weighted by atomic mass is 10.2. The second kappa shape index (κ2) is 5.94. The van der Waals surface area contributed by atoms with Crippen molar-refractivity contribution in [2.75, 3.05) is 14.1 Å². The molecule has 0 fully saturated rings. The molecule has 3 rings (SSSR count). The van der Waals surface area contributed by atoms with Crippen LogP contribution in [0.1, 0.15) is 0 Å². The summed E-state index contributed by atoms with van der Waals surface area (Å²) in [6.07, 6.45) is 1.43. The first kappa shape index (κ1) is 15.4. The Morgan fingerprint density at radius 2 is 1.65 bits per heavy atom. The fourth-order valence-electron chi connectivity index (χ4n) is 2.06. The highest BCUT2D eigenvalue weighted by molar-refractivity contribution is 7.89. The van der Waals surface area contributed by atoms with E-state index in [1.165, 1.54) is 36.9 Å². The number of rotatable bonds is 4. The Balaban J connectivity index is 1.92. The first-order valence-electron chi connectivity index (χ1n) is 6.89. The van der Waals surface area contributed by atoms with E-state index >= 15 is 0 Å². The zero-order valence-electron chi connectivity index (χ0n) is 12.7. The molecule has 0 unspecified atom stereocenters. The lowest BCUT2D eigenvalue weighted by Crippen LogP contribution is -2.22. The van der Waals surface area contributed by atoms with Crippen molar-refractivity contribution >= 4 is 20.9 Å². The van der Waals surface area contributed by atoms with Gasteiger partial charge in [-0.3, -0.25) is 0 Å². The van der Waals surface area contributed by atoms with Crippen LogP contribution >= 0.6 is 0 Å². The molecule has 3 aromatic rings. The van der Waals surface area contributed by atoms with Gasteiger partial charge in [-0.15, -0.1) is 0 Å². The number of ether oxygens (including phenoxy) is 1. The molecule has 0 spiro atoms. The monoisotopic (exact) mass is 329 g/mol. The van der Waals surface area contributed by atoms with E-state index in [1.807, 2.05) is 24.3 Å². The van der Waals surface area contributed by atoms with Gasteiger partial charge in [-0.1, -0.05) is 12.1 Å². The van der Waals surface area contributed by atoms with Crippen LogP contribution in [0.5, 0.6) is 11.6 Å². The molecule has 0 atom stereocenters. The molecule has 0 bridgehead atoms. The van der Waals surface area contributed by atoms with Crippen LogP contribution in [0.2, 0.25) is 0 Å². The maximum Gasteiger partial charge on any atom is 0.242 e. The zero-order valence-corrected chi connectivity index (χ0v) is 13.5. The number of benzene rings is 2. The van der Waals surface area contributed by atoms with Gasteiger partial charge in [0.1, 0.15) is 12.1 Å². The second-order valence-electron chi connectivity index (χ2n) is 5.06. The Morgan fingerprint density at radius 1 is 0.957 bits per heavy atom. The average molecular weight is 329 g/mol. The first-order chi connectivity index (χ1) is 11.0. The SMILES string of the molecule is CN(C)S(=O)(=O)c1ccc(Oc2ncnc3ccccc23)cc1. The predicted molar refractivity (Wildman–Crippen MR) is 86.9 cm³/mol. The Morgan fingerprint density at radius 3 is 2.35 bits per heavy atom. The molecule has 0 aliphatic rings. The third-order valence-corrected chi connectivity index (χ3v) is 5.15. The smallest absolute Gasteiger partial charge is 0.242 e. The fourth-order valence-corrected chi connectivity index (χ4v) is 2.97. The lowest BCUT2D eigenvalue weighted by molar-refractivity contribution is 0.467. The predicted octanol–water partition coefficient (Wildman–Crippen LogP) is 2.67. The fraction of sp³-hybridized carbons (Fsp3) is 0.125. The minimum Gasteiger partial charge on any atom is -0.438 e. The highest BCUT2D eigenvalue weighted by Gasteiger charge is 2.17. The van der Waals surface area contributed by atoms with Crippen LogP contribution in [0, 0.1) is 0 Å². The number of hydrogen-bond acceptors (Lipinski definition) is 5. The van der Waals surface area contributed by atoms with Crippen LogP contribution in [-0.2, 0) is 10.0 Å². The molecule has 0 aliphatic carbocycles.